The van der Waals surface area contributed by atoms with Crippen molar-refractivity contribution in [3.8, 4) is 11.4 Å². The van der Waals surface area contributed by atoms with Gasteiger partial charge >= 0.3 is 0 Å². The second kappa shape index (κ2) is 5.43. The molecule has 5 heteroatoms. The van der Waals surface area contributed by atoms with Gasteiger partial charge in [-0.3, -0.25) is 0 Å². The van der Waals surface area contributed by atoms with Crippen LogP contribution in [0.2, 0.25) is 0 Å². The summed E-state index contributed by atoms with van der Waals surface area (Å²) in [5.41, 5.74) is 6.97. The first-order valence-corrected chi connectivity index (χ1v) is 7.85. The van der Waals surface area contributed by atoms with E-state index in [0.29, 0.717) is 12.4 Å². The van der Waals surface area contributed by atoms with Gasteiger partial charge in [-0.25, -0.2) is 0 Å². The third-order valence-electron chi connectivity index (χ3n) is 4.11. The fourth-order valence-corrected chi connectivity index (χ4v) is 3.49. The van der Waals surface area contributed by atoms with Crippen LogP contribution in [-0.2, 0) is 5.41 Å². The van der Waals surface area contributed by atoms with E-state index in [9.17, 15) is 0 Å². The molecule has 0 amide bonds. The number of hydrogen-bond acceptors (Lipinski definition) is 5. The molecule has 0 aliphatic heterocycles. The van der Waals surface area contributed by atoms with Crippen molar-refractivity contribution in [2.75, 3.05) is 6.54 Å². The molecule has 3 rings (SSSR count). The monoisotopic (exact) mass is 277 g/mol. The maximum atomic E-state index is 6.04. The molecule has 0 bridgehead atoms. The summed E-state index contributed by atoms with van der Waals surface area (Å²) in [4.78, 5) is 4.61. The maximum absolute atomic E-state index is 6.04. The van der Waals surface area contributed by atoms with E-state index in [-0.39, 0.29) is 5.41 Å². The van der Waals surface area contributed by atoms with Crippen LogP contribution >= 0.6 is 11.3 Å². The molecule has 2 heterocycles. The third kappa shape index (κ3) is 2.44. The highest BCUT2D eigenvalue weighted by atomic mass is 32.1. The molecule has 2 aromatic rings. The van der Waals surface area contributed by atoms with E-state index in [1.807, 2.05) is 16.8 Å². The second-order valence-corrected chi connectivity index (χ2v) is 6.11. The Labute approximate surface area is 117 Å². The topological polar surface area (TPSA) is 64.9 Å². The van der Waals surface area contributed by atoms with Crippen molar-refractivity contribution >= 4 is 11.3 Å². The van der Waals surface area contributed by atoms with Crippen LogP contribution in [0.1, 0.15) is 44.4 Å². The molecule has 19 heavy (non-hydrogen) atoms. The largest absolute Gasteiger partial charge is 0.338 e. The minimum absolute atomic E-state index is 0.0994. The van der Waals surface area contributed by atoms with Crippen molar-refractivity contribution < 1.29 is 4.52 Å². The fraction of sp³-hybridized carbons (Fsp3) is 0.571. The zero-order valence-electron chi connectivity index (χ0n) is 11.0. The van der Waals surface area contributed by atoms with Crippen LogP contribution in [0.15, 0.2) is 21.3 Å². The normalized spacial score (nSPS) is 19.2. The Hall–Kier alpha value is -1.20. The fourth-order valence-electron chi connectivity index (χ4n) is 2.86. The average Bonchev–Trinajstić information content (AvgIpc) is 3.06. The summed E-state index contributed by atoms with van der Waals surface area (Å²) in [6.45, 7) is 0.596. The summed E-state index contributed by atoms with van der Waals surface area (Å²) < 4.78 is 5.54. The third-order valence-corrected chi connectivity index (χ3v) is 4.79. The molecule has 1 aliphatic carbocycles. The van der Waals surface area contributed by atoms with E-state index in [0.717, 1.165) is 24.3 Å². The molecule has 4 nitrogen and oxygen atoms in total. The van der Waals surface area contributed by atoms with Crippen LogP contribution < -0.4 is 5.73 Å². The van der Waals surface area contributed by atoms with Gasteiger partial charge in [0, 0.05) is 17.5 Å². The van der Waals surface area contributed by atoms with Gasteiger partial charge in [0.15, 0.2) is 0 Å². The molecular weight excluding hydrogens is 258 g/mol. The van der Waals surface area contributed by atoms with Gasteiger partial charge < -0.3 is 10.3 Å². The quantitative estimate of drug-likeness (QED) is 0.874. The predicted molar refractivity (Wildman–Crippen MR) is 76.0 cm³/mol. The standard InChI is InChI=1S/C14H19N3OS/c15-10-14(6-3-1-2-4-7-14)13-16-12(17-18-13)11-5-8-19-9-11/h5,8-9H,1-4,6-7,10,15H2. The second-order valence-electron chi connectivity index (χ2n) is 5.33. The Balaban J connectivity index is 1.91. The maximum Gasteiger partial charge on any atom is 0.234 e. The molecule has 0 unspecified atom stereocenters. The first-order chi connectivity index (χ1) is 9.34. The molecule has 1 aliphatic rings. The van der Waals surface area contributed by atoms with Crippen molar-refractivity contribution in [1.82, 2.24) is 10.1 Å². The summed E-state index contributed by atoms with van der Waals surface area (Å²) >= 11 is 1.64. The molecule has 0 spiro atoms. The lowest BCUT2D eigenvalue weighted by molar-refractivity contribution is 0.257. The lowest BCUT2D eigenvalue weighted by atomic mass is 9.80. The van der Waals surface area contributed by atoms with Gasteiger partial charge in [0.25, 0.3) is 0 Å². The van der Waals surface area contributed by atoms with Crippen LogP contribution in [0, 0.1) is 0 Å². The van der Waals surface area contributed by atoms with Crippen molar-refractivity contribution in [3.63, 3.8) is 0 Å². The SMILES string of the molecule is NCC1(c2nc(-c3ccsc3)no2)CCCCCC1. The Kier molecular flexibility index (Phi) is 3.66. The molecule has 1 saturated carbocycles. The van der Waals surface area contributed by atoms with E-state index in [1.54, 1.807) is 11.3 Å². The smallest absolute Gasteiger partial charge is 0.234 e. The number of aromatic nitrogens is 2. The van der Waals surface area contributed by atoms with E-state index >= 15 is 0 Å². The zero-order chi connectivity index (χ0) is 13.1. The van der Waals surface area contributed by atoms with E-state index in [4.69, 9.17) is 10.3 Å². The van der Waals surface area contributed by atoms with E-state index < -0.39 is 0 Å². The zero-order valence-corrected chi connectivity index (χ0v) is 11.8. The van der Waals surface area contributed by atoms with E-state index in [1.165, 1.54) is 25.7 Å². The van der Waals surface area contributed by atoms with Crippen molar-refractivity contribution in [1.29, 1.82) is 0 Å². The van der Waals surface area contributed by atoms with Crippen LogP contribution in [0.5, 0.6) is 0 Å². The van der Waals surface area contributed by atoms with Crippen LogP contribution in [-0.4, -0.2) is 16.7 Å². The van der Waals surface area contributed by atoms with Gasteiger partial charge in [0.1, 0.15) is 0 Å². The first-order valence-electron chi connectivity index (χ1n) is 6.91. The van der Waals surface area contributed by atoms with Gasteiger partial charge in [-0.2, -0.15) is 16.3 Å². The molecule has 2 N–H and O–H groups in total. The minimum Gasteiger partial charge on any atom is -0.338 e. The Morgan fingerprint density at radius 3 is 2.68 bits per heavy atom. The summed E-state index contributed by atoms with van der Waals surface area (Å²) in [6, 6.07) is 2.02. The highest BCUT2D eigenvalue weighted by Crippen LogP contribution is 2.37. The van der Waals surface area contributed by atoms with Crippen LogP contribution in [0.3, 0.4) is 0 Å². The number of hydrogen-bond donors (Lipinski definition) is 1. The van der Waals surface area contributed by atoms with Crippen molar-refractivity contribution in [3.05, 3.63) is 22.7 Å². The lowest BCUT2D eigenvalue weighted by Gasteiger charge is -2.26. The predicted octanol–water partition coefficient (Wildman–Crippen LogP) is 3.35. The Bertz CT molecular complexity index is 513. The minimum atomic E-state index is -0.0994. The summed E-state index contributed by atoms with van der Waals surface area (Å²) in [5.74, 6) is 1.42. The highest BCUT2D eigenvalue weighted by Gasteiger charge is 2.37. The van der Waals surface area contributed by atoms with Gasteiger partial charge in [-0.1, -0.05) is 30.8 Å². The number of thiophene rings is 1. The lowest BCUT2D eigenvalue weighted by Crippen LogP contribution is -2.35. The van der Waals surface area contributed by atoms with Crippen LogP contribution in [0.4, 0.5) is 0 Å². The molecule has 0 aromatic carbocycles. The van der Waals surface area contributed by atoms with Crippen molar-refractivity contribution in [2.45, 2.75) is 43.9 Å². The molecule has 102 valence electrons. The summed E-state index contributed by atoms with van der Waals surface area (Å²) in [6.07, 6.45) is 7.10. The number of nitrogens with two attached hydrogens (primary N) is 1. The summed E-state index contributed by atoms with van der Waals surface area (Å²) in [5, 5.41) is 8.18. The van der Waals surface area contributed by atoms with Gasteiger partial charge in [-0.15, -0.1) is 0 Å². The average molecular weight is 277 g/mol. The van der Waals surface area contributed by atoms with E-state index in [2.05, 4.69) is 10.1 Å². The van der Waals surface area contributed by atoms with Crippen LogP contribution in [0.25, 0.3) is 11.4 Å². The summed E-state index contributed by atoms with van der Waals surface area (Å²) in [7, 11) is 0. The molecular formula is C14H19N3OS. The van der Waals surface area contributed by atoms with Gasteiger partial charge in [0.2, 0.25) is 11.7 Å². The molecule has 0 saturated heterocycles. The molecule has 1 fully saturated rings. The molecule has 0 radical (unpaired) electrons. The number of rotatable bonds is 3. The van der Waals surface area contributed by atoms with Gasteiger partial charge in [-0.05, 0) is 24.3 Å². The Morgan fingerprint density at radius 1 is 1.26 bits per heavy atom. The molecule has 0 atom stereocenters. The highest BCUT2D eigenvalue weighted by molar-refractivity contribution is 7.08. The van der Waals surface area contributed by atoms with Gasteiger partial charge in [0.05, 0.1) is 5.41 Å². The first kappa shape index (κ1) is 12.8. The van der Waals surface area contributed by atoms with Crippen molar-refractivity contribution in [2.24, 2.45) is 5.73 Å². The Morgan fingerprint density at radius 2 is 2.05 bits per heavy atom. The molecule has 2 aromatic heterocycles. The number of nitrogens with zero attached hydrogens (tertiary/aromatic N) is 2.